The highest BCUT2D eigenvalue weighted by atomic mass is 16.6. The monoisotopic (exact) mass is 815 g/mol. The van der Waals surface area contributed by atoms with Crippen molar-refractivity contribution < 1.29 is 28.6 Å². The second-order valence-corrected chi connectivity index (χ2v) is 18.1. The number of carbonyl (C=O) groups excluding carboxylic acids is 3. The van der Waals surface area contributed by atoms with Gasteiger partial charge in [-0.1, -0.05) is 33.3 Å². The Balaban J connectivity index is 1.55. The van der Waals surface area contributed by atoms with Gasteiger partial charge in [-0.3, -0.25) is 9.59 Å². The Morgan fingerprint density at radius 1 is 0.966 bits per heavy atom. The average molecular weight is 815 g/mol. The third-order valence-electron chi connectivity index (χ3n) is 12.3. The molecular weight excluding hydrogens is 745 g/mol. The number of ether oxygens (including phenoxy) is 3. The molecule has 12 nitrogen and oxygen atoms in total. The molecule has 2 amide bonds. The van der Waals surface area contributed by atoms with Crippen LogP contribution in [0.2, 0.25) is 0 Å². The highest BCUT2D eigenvalue weighted by Gasteiger charge is 2.54. The fourth-order valence-corrected chi connectivity index (χ4v) is 9.13. The molecule has 2 aliphatic rings. The van der Waals surface area contributed by atoms with Gasteiger partial charge in [-0.25, -0.2) is 9.48 Å². The minimum Gasteiger partial charge on any atom is -0.496 e. The summed E-state index contributed by atoms with van der Waals surface area (Å²) in [6.07, 6.45) is 7.23. The van der Waals surface area contributed by atoms with E-state index < -0.39 is 17.0 Å². The van der Waals surface area contributed by atoms with E-state index in [-0.39, 0.29) is 29.4 Å². The Hall–Kier alpha value is -4.42. The van der Waals surface area contributed by atoms with Crippen LogP contribution in [0.4, 0.5) is 0 Å². The number of rotatable bonds is 18. The van der Waals surface area contributed by atoms with Crippen molar-refractivity contribution in [2.24, 2.45) is 17.8 Å². The van der Waals surface area contributed by atoms with E-state index in [9.17, 15) is 14.4 Å². The zero-order chi connectivity index (χ0) is 43.1. The summed E-state index contributed by atoms with van der Waals surface area (Å²) >= 11 is 0. The second-order valence-electron chi connectivity index (χ2n) is 18.1. The molecule has 0 saturated heterocycles. The fraction of sp³-hybridized carbons (Fsp3) is 0.617. The van der Waals surface area contributed by atoms with E-state index in [1.54, 1.807) is 29.9 Å². The first-order chi connectivity index (χ1) is 28.0. The van der Waals surface area contributed by atoms with Crippen molar-refractivity contribution in [3.63, 3.8) is 0 Å². The number of amides is 2. The normalized spacial score (nSPS) is 20.4. The van der Waals surface area contributed by atoms with Crippen LogP contribution in [0, 0.1) is 17.8 Å². The van der Waals surface area contributed by atoms with Crippen LogP contribution in [0.3, 0.4) is 0 Å². The van der Waals surface area contributed by atoms with E-state index in [0.717, 1.165) is 70.1 Å². The van der Waals surface area contributed by atoms with Gasteiger partial charge in [0.25, 0.3) is 11.8 Å². The van der Waals surface area contributed by atoms with Crippen LogP contribution in [0.5, 0.6) is 11.5 Å². The SMILES string of the molecule is CCC1CC2CCC(NC(=O)c3cc(-c4c(OC)cccc4OC)n(-c4ccc(C(=O)N(C)CCCN(C)CCCNC)cc4C(C)C)n3)(C(=O)OC(C)(C)C)C(C1)C2. The van der Waals surface area contributed by atoms with Crippen LogP contribution in [-0.2, 0) is 9.53 Å². The maximum atomic E-state index is 14.8. The minimum absolute atomic E-state index is 0.00774. The van der Waals surface area contributed by atoms with Crippen LogP contribution >= 0.6 is 0 Å². The molecule has 4 unspecified atom stereocenters. The summed E-state index contributed by atoms with van der Waals surface area (Å²) in [5.41, 5.74) is 1.61. The molecule has 324 valence electrons. The van der Waals surface area contributed by atoms with Gasteiger partial charge in [-0.05, 0) is 165 Å². The first-order valence-electron chi connectivity index (χ1n) is 21.7. The summed E-state index contributed by atoms with van der Waals surface area (Å²) in [5.74, 6) is 1.16. The number of fused-ring (bicyclic) bond motifs is 2. The van der Waals surface area contributed by atoms with Crippen LogP contribution < -0.4 is 20.1 Å². The quantitative estimate of drug-likeness (QED) is 0.0980. The largest absolute Gasteiger partial charge is 0.496 e. The van der Waals surface area contributed by atoms with Gasteiger partial charge in [0.05, 0.1) is 31.2 Å². The summed E-state index contributed by atoms with van der Waals surface area (Å²) in [6, 6.07) is 13.0. The standard InChI is InChI=1S/C47H70N6O6/c1-12-32-26-33-20-21-47(35(27-32)28-33,45(56)59-46(4,5)6)49-43(54)37-30-39(42-40(57-10)16-13-17-41(42)58-11)53(50-37)38-19-18-34(29-36(38)31(2)3)44(55)52(9)25-15-24-51(8)23-14-22-48-7/h13,16-19,29-33,35,48H,12,14-15,20-28H2,1-11H3,(H,49,54). The smallest absolute Gasteiger partial charge is 0.332 e. The molecule has 0 radical (unpaired) electrons. The second kappa shape index (κ2) is 19.8. The summed E-state index contributed by atoms with van der Waals surface area (Å²) in [6.45, 7) is 15.5. The molecule has 2 aliphatic carbocycles. The van der Waals surface area contributed by atoms with Crippen molar-refractivity contribution in [2.45, 2.75) is 110 Å². The number of benzene rings is 2. The number of esters is 1. The number of hydrogen-bond donors (Lipinski definition) is 2. The van der Waals surface area contributed by atoms with Gasteiger partial charge in [0.1, 0.15) is 22.6 Å². The summed E-state index contributed by atoms with van der Waals surface area (Å²) in [5, 5.41) is 11.5. The molecule has 0 spiro atoms. The van der Waals surface area contributed by atoms with Gasteiger partial charge in [0.15, 0.2) is 5.69 Å². The average Bonchev–Trinajstić information content (AvgIpc) is 3.65. The van der Waals surface area contributed by atoms with E-state index in [1.165, 1.54) is 0 Å². The molecule has 3 aromatic rings. The minimum atomic E-state index is -1.18. The zero-order valence-electron chi connectivity index (χ0n) is 37.6. The van der Waals surface area contributed by atoms with Crippen molar-refractivity contribution in [1.82, 2.24) is 30.2 Å². The van der Waals surface area contributed by atoms with E-state index in [2.05, 4.69) is 43.4 Å². The third kappa shape index (κ3) is 10.7. The first kappa shape index (κ1) is 45.7. The number of hydrogen-bond acceptors (Lipinski definition) is 9. The highest BCUT2D eigenvalue weighted by Crippen LogP contribution is 2.49. The Kier molecular flexibility index (Phi) is 15.3. The van der Waals surface area contributed by atoms with Crippen molar-refractivity contribution in [2.75, 3.05) is 61.5 Å². The van der Waals surface area contributed by atoms with Crippen molar-refractivity contribution in [3.8, 4) is 28.4 Å². The Morgan fingerprint density at radius 2 is 1.66 bits per heavy atom. The van der Waals surface area contributed by atoms with Gasteiger partial charge in [-0.2, -0.15) is 5.10 Å². The number of nitrogens with one attached hydrogen (secondary N) is 2. The molecule has 1 heterocycles. The van der Waals surface area contributed by atoms with Crippen LogP contribution in [-0.4, -0.2) is 110 Å². The van der Waals surface area contributed by atoms with Crippen molar-refractivity contribution in [1.29, 1.82) is 0 Å². The lowest BCUT2D eigenvalue weighted by atomic mass is 9.59. The topological polar surface area (TPSA) is 127 Å². The number of aromatic nitrogens is 2. The lowest BCUT2D eigenvalue weighted by Gasteiger charge is -2.50. The van der Waals surface area contributed by atoms with Gasteiger partial charge >= 0.3 is 5.97 Å². The summed E-state index contributed by atoms with van der Waals surface area (Å²) in [7, 11) is 9.13. The molecule has 4 atom stereocenters. The van der Waals surface area contributed by atoms with Gasteiger partial charge in [0, 0.05) is 19.2 Å². The number of nitrogens with zero attached hydrogens (tertiary/aromatic N) is 4. The van der Waals surface area contributed by atoms with E-state index in [4.69, 9.17) is 19.3 Å². The number of carbonyl (C=O) groups is 3. The van der Waals surface area contributed by atoms with Crippen LogP contribution in [0.1, 0.15) is 125 Å². The van der Waals surface area contributed by atoms with E-state index in [0.29, 0.717) is 58.8 Å². The molecule has 5 rings (SSSR count). The van der Waals surface area contributed by atoms with Gasteiger partial charge in [-0.15, -0.1) is 0 Å². The lowest BCUT2D eigenvalue weighted by Crippen LogP contribution is -2.64. The van der Waals surface area contributed by atoms with Crippen molar-refractivity contribution >= 4 is 17.8 Å². The maximum absolute atomic E-state index is 14.8. The predicted octanol–water partition coefficient (Wildman–Crippen LogP) is 7.73. The summed E-state index contributed by atoms with van der Waals surface area (Å²) < 4.78 is 19.6. The molecular formula is C47H70N6O6. The van der Waals surface area contributed by atoms with Gasteiger partial charge in [0.2, 0.25) is 0 Å². The van der Waals surface area contributed by atoms with E-state index >= 15 is 0 Å². The Bertz CT molecular complexity index is 1900. The van der Waals surface area contributed by atoms with E-state index in [1.807, 2.05) is 71.3 Å². The Morgan fingerprint density at radius 3 is 2.29 bits per heavy atom. The van der Waals surface area contributed by atoms with Crippen molar-refractivity contribution in [3.05, 3.63) is 59.3 Å². The summed E-state index contributed by atoms with van der Waals surface area (Å²) in [4.78, 5) is 47.0. The highest BCUT2D eigenvalue weighted by molar-refractivity contribution is 5.98. The third-order valence-corrected chi connectivity index (χ3v) is 12.3. The molecule has 12 heteroatoms. The van der Waals surface area contributed by atoms with Crippen LogP contribution in [0.25, 0.3) is 16.9 Å². The molecule has 2 bridgehead atoms. The molecule has 2 aromatic carbocycles. The lowest BCUT2D eigenvalue weighted by molar-refractivity contribution is -0.169. The van der Waals surface area contributed by atoms with Crippen LogP contribution in [0.15, 0.2) is 42.5 Å². The first-order valence-corrected chi connectivity index (χ1v) is 21.7. The van der Waals surface area contributed by atoms with Gasteiger partial charge < -0.3 is 34.6 Å². The molecule has 59 heavy (non-hydrogen) atoms. The number of methoxy groups -OCH3 is 2. The molecule has 2 N–H and O–H groups in total. The fourth-order valence-electron chi connectivity index (χ4n) is 9.13. The molecule has 0 aliphatic heterocycles. The maximum Gasteiger partial charge on any atom is 0.332 e. The zero-order valence-corrected chi connectivity index (χ0v) is 37.6. The predicted molar refractivity (Wildman–Crippen MR) is 234 cm³/mol. The molecule has 1 aromatic heterocycles. The molecule has 2 saturated carbocycles. The molecule has 2 fully saturated rings. The Labute approximate surface area is 352 Å².